The number of benzene rings is 2. The van der Waals surface area contributed by atoms with E-state index in [1.165, 1.54) is 12.1 Å². The van der Waals surface area contributed by atoms with Crippen molar-refractivity contribution in [1.82, 2.24) is 19.6 Å². The Kier molecular flexibility index (Phi) is 5.57. The molecule has 29 heavy (non-hydrogen) atoms. The molecule has 150 valence electrons. The van der Waals surface area contributed by atoms with Gasteiger partial charge in [0.05, 0.1) is 5.69 Å². The number of rotatable bonds is 5. The highest BCUT2D eigenvalue weighted by molar-refractivity contribution is 5.77. The van der Waals surface area contributed by atoms with Crippen LogP contribution >= 0.6 is 0 Å². The molecule has 1 aliphatic rings. The molecule has 6 nitrogen and oxygen atoms in total. The highest BCUT2D eigenvalue weighted by Crippen LogP contribution is 2.26. The first-order valence-corrected chi connectivity index (χ1v) is 9.60. The van der Waals surface area contributed by atoms with Crippen molar-refractivity contribution in [2.75, 3.05) is 33.2 Å². The zero-order chi connectivity index (χ0) is 20.2. The molecule has 1 fully saturated rings. The Hall–Kier alpha value is -3.19. The molecule has 2 heterocycles. The van der Waals surface area contributed by atoms with Crippen LogP contribution in [-0.2, 0) is 11.3 Å². The van der Waals surface area contributed by atoms with Gasteiger partial charge in [-0.05, 0) is 61.6 Å². The number of carbonyl (C=O) groups excluding carboxylic acids is 1. The Balaban J connectivity index is 1.43. The molecule has 4 rings (SSSR count). The van der Waals surface area contributed by atoms with Crippen LogP contribution in [0.3, 0.4) is 0 Å². The monoisotopic (exact) mass is 394 g/mol. The van der Waals surface area contributed by atoms with Gasteiger partial charge in [-0.1, -0.05) is 0 Å². The number of aromatic nitrogens is 2. The Labute approximate surface area is 169 Å². The van der Waals surface area contributed by atoms with Crippen LogP contribution < -0.4 is 4.74 Å². The minimum atomic E-state index is -0.299. The Morgan fingerprint density at radius 1 is 0.966 bits per heavy atom. The van der Waals surface area contributed by atoms with Crippen LogP contribution in [0.15, 0.2) is 60.8 Å². The number of nitrogens with zero attached hydrogens (tertiary/aromatic N) is 4. The normalized spacial score (nSPS) is 14.8. The van der Waals surface area contributed by atoms with E-state index in [0.717, 1.165) is 37.4 Å². The summed E-state index contributed by atoms with van der Waals surface area (Å²) in [6, 6.07) is 15.3. The van der Waals surface area contributed by atoms with E-state index < -0.39 is 0 Å². The van der Waals surface area contributed by atoms with E-state index in [-0.39, 0.29) is 18.3 Å². The predicted molar refractivity (Wildman–Crippen MR) is 108 cm³/mol. The third-order valence-corrected chi connectivity index (χ3v) is 5.06. The quantitative estimate of drug-likeness (QED) is 0.667. The maximum absolute atomic E-state index is 13.0. The minimum Gasteiger partial charge on any atom is -0.457 e. The zero-order valence-corrected chi connectivity index (χ0v) is 16.3. The van der Waals surface area contributed by atoms with Gasteiger partial charge in [-0.3, -0.25) is 9.48 Å². The van der Waals surface area contributed by atoms with Crippen molar-refractivity contribution in [1.29, 1.82) is 0 Å². The predicted octanol–water partition coefficient (Wildman–Crippen LogP) is 3.26. The number of hydrogen-bond acceptors (Lipinski definition) is 4. The molecule has 1 aromatic heterocycles. The lowest BCUT2D eigenvalue weighted by molar-refractivity contribution is -0.133. The van der Waals surface area contributed by atoms with Gasteiger partial charge in [0.15, 0.2) is 0 Å². The molecule has 7 heteroatoms. The molecule has 0 bridgehead atoms. The van der Waals surface area contributed by atoms with Crippen LogP contribution in [0.5, 0.6) is 11.5 Å². The lowest BCUT2D eigenvalue weighted by Gasteiger charge is -2.32. The van der Waals surface area contributed by atoms with Crippen molar-refractivity contribution in [3.63, 3.8) is 0 Å². The summed E-state index contributed by atoms with van der Waals surface area (Å²) in [7, 11) is 2.07. The molecule has 0 atom stereocenters. The van der Waals surface area contributed by atoms with Gasteiger partial charge < -0.3 is 14.5 Å². The number of hydrogen-bond donors (Lipinski definition) is 0. The molecular formula is C22H23FN4O2. The van der Waals surface area contributed by atoms with Crippen LogP contribution in [0, 0.1) is 5.82 Å². The van der Waals surface area contributed by atoms with Crippen molar-refractivity contribution >= 4 is 5.91 Å². The summed E-state index contributed by atoms with van der Waals surface area (Å²) in [5, 5.41) is 4.33. The molecule has 0 radical (unpaired) electrons. The molecule has 0 aliphatic carbocycles. The molecule has 0 N–H and O–H groups in total. The molecule has 1 aliphatic heterocycles. The van der Waals surface area contributed by atoms with Gasteiger partial charge in [-0.15, -0.1) is 0 Å². The summed E-state index contributed by atoms with van der Waals surface area (Å²) >= 11 is 0. The first kappa shape index (κ1) is 19.1. The van der Waals surface area contributed by atoms with E-state index in [4.69, 9.17) is 4.74 Å². The van der Waals surface area contributed by atoms with Crippen LogP contribution in [0.4, 0.5) is 4.39 Å². The second-order valence-corrected chi connectivity index (χ2v) is 7.14. The number of amides is 1. The van der Waals surface area contributed by atoms with Crippen molar-refractivity contribution in [3.8, 4) is 22.8 Å². The summed E-state index contributed by atoms with van der Waals surface area (Å²) in [4.78, 5) is 16.8. The molecule has 0 spiro atoms. The number of likely N-dealkylation sites (N-methyl/N-ethyl adjacent to an activating group) is 1. The fourth-order valence-corrected chi connectivity index (χ4v) is 3.32. The van der Waals surface area contributed by atoms with Gasteiger partial charge in [0.1, 0.15) is 23.9 Å². The fourth-order valence-electron chi connectivity index (χ4n) is 3.32. The molecule has 0 unspecified atom stereocenters. The molecule has 1 saturated heterocycles. The summed E-state index contributed by atoms with van der Waals surface area (Å²) in [6.45, 7) is 3.52. The van der Waals surface area contributed by atoms with E-state index in [0.29, 0.717) is 11.5 Å². The number of halogens is 1. The molecule has 0 saturated carbocycles. The summed E-state index contributed by atoms with van der Waals surface area (Å²) in [5.41, 5.74) is 1.82. The number of piperazine rings is 1. The molecule has 2 aromatic carbocycles. The number of carbonyl (C=O) groups is 1. The standard InChI is InChI=1S/C22H23FN4O2/c1-25-12-14-26(15-13-25)22(28)16-27-21(10-11-24-27)17-2-6-19(7-3-17)29-20-8-4-18(23)5-9-20/h2-11H,12-16H2,1H3. The molecular weight excluding hydrogens is 371 g/mol. The lowest BCUT2D eigenvalue weighted by atomic mass is 10.1. The van der Waals surface area contributed by atoms with E-state index >= 15 is 0 Å². The van der Waals surface area contributed by atoms with Gasteiger partial charge in [-0.25, -0.2) is 4.39 Å². The van der Waals surface area contributed by atoms with Crippen LogP contribution in [0.25, 0.3) is 11.3 Å². The maximum atomic E-state index is 13.0. The molecule has 1 amide bonds. The highest BCUT2D eigenvalue weighted by Gasteiger charge is 2.20. The van der Waals surface area contributed by atoms with E-state index in [2.05, 4.69) is 17.0 Å². The largest absolute Gasteiger partial charge is 0.457 e. The molecule has 3 aromatic rings. The third-order valence-electron chi connectivity index (χ3n) is 5.06. The summed E-state index contributed by atoms with van der Waals surface area (Å²) in [6.07, 6.45) is 1.70. The van der Waals surface area contributed by atoms with E-state index in [9.17, 15) is 9.18 Å². The smallest absolute Gasteiger partial charge is 0.244 e. The van der Waals surface area contributed by atoms with Gasteiger partial charge in [0, 0.05) is 37.9 Å². The van der Waals surface area contributed by atoms with E-state index in [1.54, 1.807) is 23.0 Å². The number of ether oxygens (including phenoxy) is 1. The highest BCUT2D eigenvalue weighted by atomic mass is 19.1. The maximum Gasteiger partial charge on any atom is 0.244 e. The van der Waals surface area contributed by atoms with E-state index in [1.807, 2.05) is 35.2 Å². The van der Waals surface area contributed by atoms with Crippen molar-refractivity contribution < 1.29 is 13.9 Å². The topological polar surface area (TPSA) is 50.6 Å². The Bertz CT molecular complexity index is 961. The SMILES string of the molecule is CN1CCN(C(=O)Cn2nccc2-c2ccc(Oc3ccc(F)cc3)cc2)CC1. The Morgan fingerprint density at radius 3 is 2.24 bits per heavy atom. The van der Waals surface area contributed by atoms with Gasteiger partial charge in [0.25, 0.3) is 0 Å². The second kappa shape index (κ2) is 8.45. The van der Waals surface area contributed by atoms with Gasteiger partial charge >= 0.3 is 0 Å². The van der Waals surface area contributed by atoms with Crippen molar-refractivity contribution in [3.05, 3.63) is 66.6 Å². The average molecular weight is 394 g/mol. The van der Waals surface area contributed by atoms with Crippen molar-refractivity contribution in [2.45, 2.75) is 6.54 Å². The van der Waals surface area contributed by atoms with Crippen molar-refractivity contribution in [2.24, 2.45) is 0 Å². The van der Waals surface area contributed by atoms with Gasteiger partial charge in [0.2, 0.25) is 5.91 Å². The van der Waals surface area contributed by atoms with Gasteiger partial charge in [-0.2, -0.15) is 5.10 Å². The fraction of sp³-hybridized carbons (Fsp3) is 0.273. The summed E-state index contributed by atoms with van der Waals surface area (Å²) < 4.78 is 20.5. The Morgan fingerprint density at radius 2 is 1.59 bits per heavy atom. The third kappa shape index (κ3) is 4.63. The summed E-state index contributed by atoms with van der Waals surface area (Å²) in [5.74, 6) is 1.01. The second-order valence-electron chi connectivity index (χ2n) is 7.14. The van der Waals surface area contributed by atoms with Crippen LogP contribution in [0.1, 0.15) is 0 Å². The van der Waals surface area contributed by atoms with Crippen LogP contribution in [0.2, 0.25) is 0 Å². The minimum absolute atomic E-state index is 0.0827. The van der Waals surface area contributed by atoms with Crippen LogP contribution in [-0.4, -0.2) is 58.7 Å². The average Bonchev–Trinajstić information content (AvgIpc) is 3.19. The zero-order valence-electron chi connectivity index (χ0n) is 16.3. The lowest BCUT2D eigenvalue weighted by Crippen LogP contribution is -2.48. The first-order valence-electron chi connectivity index (χ1n) is 9.60. The first-order chi connectivity index (χ1) is 14.1.